The van der Waals surface area contributed by atoms with Crippen LogP contribution in [-0.2, 0) is 17.5 Å². The van der Waals surface area contributed by atoms with E-state index < -0.39 is 16.7 Å². The van der Waals surface area contributed by atoms with E-state index in [9.17, 15) is 28.1 Å². The van der Waals surface area contributed by atoms with Gasteiger partial charge in [0, 0.05) is 24.7 Å². The molecule has 0 radical (unpaired) electrons. The summed E-state index contributed by atoms with van der Waals surface area (Å²) in [5.74, 6) is -0.333. The highest BCUT2D eigenvalue weighted by molar-refractivity contribution is 5.92. The Kier molecular flexibility index (Phi) is 5.48. The molecule has 0 unspecified atom stereocenters. The van der Waals surface area contributed by atoms with E-state index in [1.807, 2.05) is 0 Å². The Balaban J connectivity index is 1.74. The van der Waals surface area contributed by atoms with Crippen LogP contribution in [0.1, 0.15) is 29.5 Å². The second kappa shape index (κ2) is 7.84. The molecular weight excluding hydrogens is 373 g/mol. The first-order chi connectivity index (χ1) is 13.3. The number of rotatable bonds is 6. The molecule has 8 heteroatoms. The molecule has 0 saturated heterocycles. The molecule has 0 N–H and O–H groups in total. The van der Waals surface area contributed by atoms with Crippen molar-refractivity contribution in [3.63, 3.8) is 0 Å². The molecule has 0 spiro atoms. The number of nitro benzene ring substituents is 1. The zero-order valence-electron chi connectivity index (χ0n) is 14.7. The fourth-order valence-electron chi connectivity index (χ4n) is 2.82. The van der Waals surface area contributed by atoms with Crippen molar-refractivity contribution >= 4 is 17.7 Å². The summed E-state index contributed by atoms with van der Waals surface area (Å²) < 4.78 is 38.0. The van der Waals surface area contributed by atoms with Crippen LogP contribution in [0.15, 0.2) is 54.6 Å². The van der Waals surface area contributed by atoms with Gasteiger partial charge >= 0.3 is 6.18 Å². The van der Waals surface area contributed by atoms with Crippen molar-refractivity contribution in [3.05, 3.63) is 81.4 Å². The lowest BCUT2D eigenvalue weighted by molar-refractivity contribution is -0.385. The van der Waals surface area contributed by atoms with Crippen molar-refractivity contribution in [2.24, 2.45) is 0 Å². The quantitative estimate of drug-likeness (QED) is 0.404. The first kappa shape index (κ1) is 19.6. The van der Waals surface area contributed by atoms with Crippen LogP contribution in [0.3, 0.4) is 0 Å². The monoisotopic (exact) mass is 390 g/mol. The maximum atomic E-state index is 12.7. The summed E-state index contributed by atoms with van der Waals surface area (Å²) in [4.78, 5) is 24.7. The average Bonchev–Trinajstić information content (AvgIpc) is 3.49. The zero-order chi connectivity index (χ0) is 20.3. The lowest BCUT2D eigenvalue weighted by Gasteiger charge is -2.21. The molecule has 1 amide bonds. The summed E-state index contributed by atoms with van der Waals surface area (Å²) in [5.41, 5.74) is 0.0579. The fourth-order valence-corrected chi connectivity index (χ4v) is 2.82. The van der Waals surface area contributed by atoms with Crippen molar-refractivity contribution in [1.82, 2.24) is 4.90 Å². The number of amides is 1. The van der Waals surface area contributed by atoms with Crippen LogP contribution < -0.4 is 0 Å². The number of carbonyl (C=O) groups excluding carboxylic acids is 1. The van der Waals surface area contributed by atoms with Crippen molar-refractivity contribution in [3.8, 4) is 0 Å². The van der Waals surface area contributed by atoms with Gasteiger partial charge in [-0.1, -0.05) is 24.3 Å². The van der Waals surface area contributed by atoms with Crippen LogP contribution in [0.25, 0.3) is 6.08 Å². The van der Waals surface area contributed by atoms with Gasteiger partial charge in [-0.25, -0.2) is 0 Å². The maximum Gasteiger partial charge on any atom is 0.416 e. The van der Waals surface area contributed by atoms with Crippen LogP contribution >= 0.6 is 0 Å². The number of benzene rings is 2. The molecule has 146 valence electrons. The summed E-state index contributed by atoms with van der Waals surface area (Å²) in [7, 11) is 0. The standard InChI is InChI=1S/C20H17F3N2O3/c21-20(22,23)16-8-5-14(6-9-16)13-24(17-10-11-17)19(26)12-7-15-3-1-2-4-18(15)25(27)28/h1-9,12,17H,10-11,13H2/b12-7+. The molecule has 0 aliphatic heterocycles. The Morgan fingerprint density at radius 1 is 1.14 bits per heavy atom. The highest BCUT2D eigenvalue weighted by Crippen LogP contribution is 2.31. The minimum absolute atomic E-state index is 0.0326. The van der Waals surface area contributed by atoms with Crippen molar-refractivity contribution in [2.75, 3.05) is 0 Å². The molecule has 28 heavy (non-hydrogen) atoms. The third kappa shape index (κ3) is 4.76. The summed E-state index contributed by atoms with van der Waals surface area (Å²) in [6, 6.07) is 10.8. The van der Waals surface area contributed by atoms with Gasteiger partial charge in [0.05, 0.1) is 16.1 Å². The minimum atomic E-state index is -4.41. The Bertz CT molecular complexity index is 904. The molecule has 3 rings (SSSR count). The second-order valence-corrected chi connectivity index (χ2v) is 6.54. The zero-order valence-corrected chi connectivity index (χ0v) is 14.7. The van der Waals surface area contributed by atoms with E-state index in [0.29, 0.717) is 11.1 Å². The lowest BCUT2D eigenvalue weighted by Crippen LogP contribution is -2.31. The van der Waals surface area contributed by atoms with Crippen LogP contribution in [0, 0.1) is 10.1 Å². The van der Waals surface area contributed by atoms with E-state index in [4.69, 9.17) is 0 Å². The Hall–Kier alpha value is -3.16. The van der Waals surface area contributed by atoms with Gasteiger partial charge in [0.25, 0.3) is 5.69 Å². The molecule has 0 heterocycles. The van der Waals surface area contributed by atoms with Gasteiger partial charge in [0.15, 0.2) is 0 Å². The molecule has 2 aromatic carbocycles. The third-order valence-electron chi connectivity index (χ3n) is 4.44. The topological polar surface area (TPSA) is 63.4 Å². The number of hydrogen-bond acceptors (Lipinski definition) is 3. The Morgan fingerprint density at radius 2 is 1.79 bits per heavy atom. The van der Waals surface area contributed by atoms with Gasteiger partial charge in [-0.2, -0.15) is 13.2 Å². The number of nitro groups is 1. The number of halogens is 3. The average molecular weight is 390 g/mol. The highest BCUT2D eigenvalue weighted by atomic mass is 19.4. The second-order valence-electron chi connectivity index (χ2n) is 6.54. The van der Waals surface area contributed by atoms with Gasteiger partial charge < -0.3 is 4.90 Å². The highest BCUT2D eigenvalue weighted by Gasteiger charge is 2.32. The first-order valence-electron chi connectivity index (χ1n) is 8.64. The van der Waals surface area contributed by atoms with E-state index in [-0.39, 0.29) is 24.2 Å². The van der Waals surface area contributed by atoms with Crippen LogP contribution in [-0.4, -0.2) is 21.8 Å². The molecule has 0 aromatic heterocycles. The number of carbonyl (C=O) groups is 1. The number of hydrogen-bond donors (Lipinski definition) is 0. The minimum Gasteiger partial charge on any atom is -0.332 e. The van der Waals surface area contributed by atoms with E-state index in [2.05, 4.69) is 0 Å². The molecule has 0 atom stereocenters. The molecule has 5 nitrogen and oxygen atoms in total. The predicted octanol–water partition coefficient (Wildman–Crippen LogP) is 4.82. The van der Waals surface area contributed by atoms with Gasteiger partial charge in [-0.3, -0.25) is 14.9 Å². The van der Waals surface area contributed by atoms with E-state index in [1.54, 1.807) is 23.1 Å². The van der Waals surface area contributed by atoms with Crippen LogP contribution in [0.2, 0.25) is 0 Å². The Labute approximate surface area is 159 Å². The Morgan fingerprint density at radius 3 is 2.36 bits per heavy atom. The molecule has 1 saturated carbocycles. The van der Waals surface area contributed by atoms with Gasteiger partial charge in [-0.15, -0.1) is 0 Å². The molecule has 1 fully saturated rings. The maximum absolute atomic E-state index is 12.7. The van der Waals surface area contributed by atoms with E-state index in [0.717, 1.165) is 25.0 Å². The molecule has 2 aromatic rings. The van der Waals surface area contributed by atoms with Gasteiger partial charge in [0.1, 0.15) is 0 Å². The SMILES string of the molecule is O=C(/C=C/c1ccccc1[N+](=O)[O-])N(Cc1ccc(C(F)(F)F)cc1)C1CC1. The van der Waals surface area contributed by atoms with Gasteiger partial charge in [-0.05, 0) is 42.7 Å². The molecule has 1 aliphatic carbocycles. The summed E-state index contributed by atoms with van der Waals surface area (Å²) >= 11 is 0. The van der Waals surface area contributed by atoms with Gasteiger partial charge in [0.2, 0.25) is 5.91 Å². The molecule has 0 bridgehead atoms. The lowest BCUT2D eigenvalue weighted by atomic mass is 10.1. The third-order valence-corrected chi connectivity index (χ3v) is 4.44. The number of alkyl halides is 3. The van der Waals surface area contributed by atoms with E-state index >= 15 is 0 Å². The van der Waals surface area contributed by atoms with Crippen molar-refractivity contribution < 1.29 is 22.9 Å². The van der Waals surface area contributed by atoms with Crippen LogP contribution in [0.4, 0.5) is 18.9 Å². The normalized spacial score (nSPS) is 14.2. The first-order valence-corrected chi connectivity index (χ1v) is 8.64. The predicted molar refractivity (Wildman–Crippen MR) is 97.1 cm³/mol. The van der Waals surface area contributed by atoms with Crippen molar-refractivity contribution in [1.29, 1.82) is 0 Å². The smallest absolute Gasteiger partial charge is 0.332 e. The summed E-state index contributed by atoms with van der Waals surface area (Å²) in [6.45, 7) is 0.183. The van der Waals surface area contributed by atoms with Crippen molar-refractivity contribution in [2.45, 2.75) is 31.6 Å². The van der Waals surface area contributed by atoms with Crippen LogP contribution in [0.5, 0.6) is 0 Å². The summed E-state index contributed by atoms with van der Waals surface area (Å²) in [5, 5.41) is 11.1. The molecular formula is C20H17F3N2O3. The number of para-hydroxylation sites is 1. The van der Waals surface area contributed by atoms with E-state index in [1.165, 1.54) is 30.4 Å². The largest absolute Gasteiger partial charge is 0.416 e. The fraction of sp³-hybridized carbons (Fsp3) is 0.250. The summed E-state index contributed by atoms with van der Waals surface area (Å²) in [6.07, 6.45) is -0.0948. The number of nitrogens with zero attached hydrogens (tertiary/aromatic N) is 2. The molecule has 1 aliphatic rings.